The lowest BCUT2D eigenvalue weighted by atomic mass is 10.1. The van der Waals surface area contributed by atoms with E-state index in [0.717, 1.165) is 43.8 Å². The van der Waals surface area contributed by atoms with E-state index in [9.17, 15) is 4.79 Å². The summed E-state index contributed by atoms with van der Waals surface area (Å²) < 4.78 is 0. The Bertz CT molecular complexity index is 1300. The third kappa shape index (κ3) is 2.19. The Morgan fingerprint density at radius 3 is 2.60 bits per heavy atom. The number of rotatable bonds is 2. The summed E-state index contributed by atoms with van der Waals surface area (Å²) in [5.74, 6) is 0. The van der Waals surface area contributed by atoms with Crippen LogP contribution < -0.4 is 5.56 Å². The van der Waals surface area contributed by atoms with Crippen LogP contribution in [0.5, 0.6) is 0 Å². The summed E-state index contributed by atoms with van der Waals surface area (Å²) in [7, 11) is 0. The Labute approximate surface area is 142 Å². The van der Waals surface area contributed by atoms with Crippen molar-refractivity contribution in [3.05, 3.63) is 82.5 Å². The molecule has 25 heavy (non-hydrogen) atoms. The van der Waals surface area contributed by atoms with Gasteiger partial charge in [-0.1, -0.05) is 48.5 Å². The van der Waals surface area contributed by atoms with Crippen LogP contribution in [0.1, 0.15) is 11.3 Å². The number of hydrogen-bond acceptors (Lipinski definition) is 1. The van der Waals surface area contributed by atoms with Crippen molar-refractivity contribution in [2.45, 2.75) is 0 Å². The minimum atomic E-state index is -0.0488. The zero-order valence-corrected chi connectivity index (χ0v) is 13.3. The molecule has 0 atom stereocenters. The van der Waals surface area contributed by atoms with Crippen LogP contribution >= 0.6 is 0 Å². The van der Waals surface area contributed by atoms with Crippen molar-refractivity contribution in [3.8, 4) is 0 Å². The first-order valence-corrected chi connectivity index (χ1v) is 8.17. The first-order chi connectivity index (χ1) is 12.3. The van der Waals surface area contributed by atoms with Crippen molar-refractivity contribution in [2.75, 3.05) is 0 Å². The van der Waals surface area contributed by atoms with Crippen molar-refractivity contribution >= 4 is 44.7 Å². The Kier molecular flexibility index (Phi) is 2.91. The molecule has 0 saturated carbocycles. The van der Waals surface area contributed by atoms with E-state index in [2.05, 4.69) is 45.3 Å². The molecule has 0 unspecified atom stereocenters. The fourth-order valence-electron chi connectivity index (χ4n) is 3.37. The van der Waals surface area contributed by atoms with Gasteiger partial charge in [0.2, 0.25) is 0 Å². The standard InChI is InChI=1S/C21H15N3O/c25-21-19-16-9-7-14-11-22-15(8-6-13-4-2-1-3-5-13)10-17(14)20(16)24-18(19)12-23-21/h1-12,22,24H,(H,23,25). The van der Waals surface area contributed by atoms with Crippen molar-refractivity contribution < 1.29 is 0 Å². The molecule has 0 bridgehead atoms. The smallest absolute Gasteiger partial charge is 0.258 e. The quantitative estimate of drug-likeness (QED) is 0.434. The molecular weight excluding hydrogens is 310 g/mol. The van der Waals surface area contributed by atoms with Crippen LogP contribution in [0.3, 0.4) is 0 Å². The largest absolute Gasteiger partial charge is 0.361 e. The van der Waals surface area contributed by atoms with E-state index in [1.165, 1.54) is 0 Å². The van der Waals surface area contributed by atoms with Crippen molar-refractivity contribution in [3.63, 3.8) is 0 Å². The van der Waals surface area contributed by atoms with Gasteiger partial charge in [0.25, 0.3) is 5.56 Å². The maximum atomic E-state index is 12.0. The van der Waals surface area contributed by atoms with Gasteiger partial charge < -0.3 is 15.0 Å². The number of aromatic nitrogens is 3. The van der Waals surface area contributed by atoms with E-state index >= 15 is 0 Å². The van der Waals surface area contributed by atoms with E-state index in [1.807, 2.05) is 36.5 Å². The van der Waals surface area contributed by atoms with Crippen LogP contribution in [0.25, 0.3) is 44.7 Å². The molecule has 3 heterocycles. The van der Waals surface area contributed by atoms with E-state index in [-0.39, 0.29) is 5.56 Å². The van der Waals surface area contributed by atoms with Crippen LogP contribution in [0, 0.1) is 0 Å². The zero-order valence-electron chi connectivity index (χ0n) is 13.3. The topological polar surface area (TPSA) is 64.4 Å². The summed E-state index contributed by atoms with van der Waals surface area (Å²) >= 11 is 0. The third-order valence-electron chi connectivity index (χ3n) is 4.60. The highest BCUT2D eigenvalue weighted by atomic mass is 16.1. The van der Waals surface area contributed by atoms with Crippen molar-refractivity contribution in [1.29, 1.82) is 0 Å². The Balaban J connectivity index is 1.71. The second-order valence-electron chi connectivity index (χ2n) is 6.15. The molecule has 0 aliphatic carbocycles. The molecule has 4 nitrogen and oxygen atoms in total. The van der Waals surface area contributed by atoms with Crippen molar-refractivity contribution in [2.24, 2.45) is 0 Å². The van der Waals surface area contributed by atoms with E-state index in [0.29, 0.717) is 0 Å². The van der Waals surface area contributed by atoms with Crippen LogP contribution in [0.4, 0.5) is 0 Å². The van der Waals surface area contributed by atoms with E-state index < -0.39 is 0 Å². The molecule has 2 aromatic carbocycles. The second-order valence-corrected chi connectivity index (χ2v) is 6.15. The minimum absolute atomic E-state index is 0.0488. The molecule has 0 radical (unpaired) electrons. The number of H-pyrrole nitrogens is 3. The maximum absolute atomic E-state index is 12.0. The van der Waals surface area contributed by atoms with Crippen LogP contribution in [-0.2, 0) is 0 Å². The number of benzene rings is 2. The number of hydrogen-bond donors (Lipinski definition) is 3. The molecule has 0 fully saturated rings. The van der Waals surface area contributed by atoms with Gasteiger partial charge in [0.15, 0.2) is 0 Å². The maximum Gasteiger partial charge on any atom is 0.258 e. The molecule has 5 aromatic rings. The van der Waals surface area contributed by atoms with Gasteiger partial charge in [-0.3, -0.25) is 4.79 Å². The highest BCUT2D eigenvalue weighted by molar-refractivity contribution is 6.16. The van der Waals surface area contributed by atoms with Crippen LogP contribution in [0.2, 0.25) is 0 Å². The van der Waals surface area contributed by atoms with Gasteiger partial charge in [0, 0.05) is 28.9 Å². The van der Waals surface area contributed by atoms with E-state index in [4.69, 9.17) is 0 Å². The lowest BCUT2D eigenvalue weighted by Gasteiger charge is -2.03. The molecule has 120 valence electrons. The van der Waals surface area contributed by atoms with Gasteiger partial charge in [-0.15, -0.1) is 0 Å². The average Bonchev–Trinajstić information content (AvgIpc) is 3.21. The van der Waals surface area contributed by atoms with Gasteiger partial charge in [-0.25, -0.2) is 0 Å². The summed E-state index contributed by atoms with van der Waals surface area (Å²) in [4.78, 5) is 21.5. The summed E-state index contributed by atoms with van der Waals surface area (Å²) in [5, 5.41) is 3.88. The highest BCUT2D eigenvalue weighted by Crippen LogP contribution is 2.29. The summed E-state index contributed by atoms with van der Waals surface area (Å²) in [5.41, 5.74) is 3.96. The first-order valence-electron chi connectivity index (χ1n) is 8.17. The summed E-state index contributed by atoms with van der Waals surface area (Å²) in [6, 6.07) is 16.3. The van der Waals surface area contributed by atoms with Crippen molar-refractivity contribution in [1.82, 2.24) is 15.0 Å². The average molecular weight is 325 g/mol. The molecule has 3 aromatic heterocycles. The Morgan fingerprint density at radius 2 is 1.72 bits per heavy atom. The number of fused-ring (bicyclic) bond motifs is 5. The Morgan fingerprint density at radius 1 is 0.840 bits per heavy atom. The SMILES string of the molecule is O=c1[nH]cc2[nH]c3c4cc(C=Cc5ccccc5)[nH]cc4ccc3c12. The minimum Gasteiger partial charge on any atom is -0.361 e. The molecule has 0 amide bonds. The molecule has 4 heteroatoms. The first kappa shape index (κ1) is 13.9. The van der Waals surface area contributed by atoms with Gasteiger partial charge in [0.05, 0.1) is 16.4 Å². The monoisotopic (exact) mass is 325 g/mol. The number of aromatic amines is 3. The number of nitrogens with one attached hydrogen (secondary N) is 3. The molecule has 3 N–H and O–H groups in total. The van der Waals surface area contributed by atoms with Gasteiger partial charge in [0.1, 0.15) is 0 Å². The molecular formula is C21H15N3O. The van der Waals surface area contributed by atoms with E-state index in [1.54, 1.807) is 6.20 Å². The molecule has 5 rings (SSSR count). The van der Waals surface area contributed by atoms with Gasteiger partial charge in [-0.05, 0) is 23.1 Å². The normalized spacial score (nSPS) is 12.0. The van der Waals surface area contributed by atoms with Gasteiger partial charge in [-0.2, -0.15) is 0 Å². The highest BCUT2D eigenvalue weighted by Gasteiger charge is 2.11. The lowest BCUT2D eigenvalue weighted by Crippen LogP contribution is -1.96. The summed E-state index contributed by atoms with van der Waals surface area (Å²) in [6.07, 6.45) is 7.86. The molecule has 0 spiro atoms. The van der Waals surface area contributed by atoms with Gasteiger partial charge >= 0.3 is 0 Å². The summed E-state index contributed by atoms with van der Waals surface area (Å²) in [6.45, 7) is 0. The van der Waals surface area contributed by atoms with Crippen LogP contribution in [0.15, 0.2) is 65.7 Å². The fraction of sp³-hybridized carbons (Fsp3) is 0. The lowest BCUT2D eigenvalue weighted by molar-refractivity contribution is 1.32. The van der Waals surface area contributed by atoms with Crippen LogP contribution in [-0.4, -0.2) is 15.0 Å². The Hall–Kier alpha value is -3.53. The predicted molar refractivity (Wildman–Crippen MR) is 104 cm³/mol. The molecule has 0 aliphatic heterocycles. The fourth-order valence-corrected chi connectivity index (χ4v) is 3.37. The third-order valence-corrected chi connectivity index (χ3v) is 4.60. The number of pyridine rings is 1. The molecule has 0 aliphatic rings. The molecule has 0 saturated heterocycles. The predicted octanol–water partition coefficient (Wildman–Crippen LogP) is 4.66. The zero-order chi connectivity index (χ0) is 16.8. The second kappa shape index (κ2) is 5.24.